The normalized spacial score (nSPS) is 16.7. The number of hydrogen-bond donors (Lipinski definition) is 0. The van der Waals surface area contributed by atoms with Crippen LogP contribution in [0, 0.1) is 0 Å². The maximum absolute atomic E-state index is 2.62. The van der Waals surface area contributed by atoms with E-state index in [0.717, 1.165) is 0 Å². The lowest BCUT2D eigenvalue weighted by Gasteiger charge is -2.52. The highest BCUT2D eigenvalue weighted by Gasteiger charge is 2.50. The molecule has 0 unspecified atom stereocenters. The summed E-state index contributed by atoms with van der Waals surface area (Å²) in [5.74, 6) is 0. The second kappa shape index (κ2) is 9.46. The van der Waals surface area contributed by atoms with Gasteiger partial charge in [0.15, 0.2) is 0 Å². The Labute approximate surface area is 292 Å². The SMILES string of the molecule is CC1(C)c2ccccc2N2c3cc(-c4ccc([Si](C)(C)C)cc4)cc4c3B(c3cccc1c32)c1cccc2c1N4c1ccccc1C2(C)C. The third-order valence-corrected chi connectivity index (χ3v) is 14.2. The molecule has 0 saturated heterocycles. The lowest BCUT2D eigenvalue weighted by molar-refractivity contribution is 0.632. The highest BCUT2D eigenvalue weighted by atomic mass is 28.3. The molecule has 4 aliphatic heterocycles. The van der Waals surface area contributed by atoms with E-state index in [1.807, 2.05) is 0 Å². The minimum absolute atomic E-state index is 0.124. The van der Waals surface area contributed by atoms with Crippen molar-refractivity contribution in [2.75, 3.05) is 9.80 Å². The zero-order chi connectivity index (χ0) is 33.6. The molecule has 4 heteroatoms. The van der Waals surface area contributed by atoms with Crippen LogP contribution in [0.4, 0.5) is 34.1 Å². The molecule has 0 N–H and O–H groups in total. The number of rotatable bonds is 2. The van der Waals surface area contributed by atoms with Gasteiger partial charge in [0, 0.05) is 33.6 Å². The molecule has 0 fully saturated rings. The van der Waals surface area contributed by atoms with Gasteiger partial charge in [-0.1, -0.05) is 150 Å². The van der Waals surface area contributed by atoms with Crippen LogP contribution in [0.15, 0.2) is 121 Å². The van der Waals surface area contributed by atoms with Gasteiger partial charge in [0.1, 0.15) is 0 Å². The summed E-state index contributed by atoms with van der Waals surface area (Å²) in [6.45, 7) is 17.0. The van der Waals surface area contributed by atoms with Crippen molar-refractivity contribution in [2.24, 2.45) is 0 Å². The van der Waals surface area contributed by atoms with Crippen molar-refractivity contribution in [3.8, 4) is 11.1 Å². The molecule has 238 valence electrons. The Hall–Kier alpha value is -4.80. The van der Waals surface area contributed by atoms with Gasteiger partial charge in [-0.3, -0.25) is 0 Å². The zero-order valence-corrected chi connectivity index (χ0v) is 30.5. The Morgan fingerprint density at radius 2 is 0.918 bits per heavy atom. The van der Waals surface area contributed by atoms with Gasteiger partial charge in [-0.05, 0) is 74.0 Å². The zero-order valence-electron chi connectivity index (χ0n) is 29.5. The summed E-state index contributed by atoms with van der Waals surface area (Å²) in [6.07, 6.45) is 0. The van der Waals surface area contributed by atoms with Crippen LogP contribution in [-0.4, -0.2) is 14.8 Å². The van der Waals surface area contributed by atoms with Crippen LogP contribution in [0.2, 0.25) is 19.6 Å². The average molecular weight is 649 g/mol. The Morgan fingerprint density at radius 3 is 1.39 bits per heavy atom. The Balaban J connectivity index is 1.35. The van der Waals surface area contributed by atoms with Crippen molar-refractivity contribution < 1.29 is 0 Å². The molecule has 10 rings (SSSR count). The number of para-hydroxylation sites is 4. The van der Waals surface area contributed by atoms with Gasteiger partial charge in [-0.2, -0.15) is 0 Å². The average Bonchev–Trinajstić information content (AvgIpc) is 3.10. The van der Waals surface area contributed by atoms with E-state index in [9.17, 15) is 0 Å². The molecule has 6 aromatic rings. The largest absolute Gasteiger partial charge is 0.311 e. The maximum atomic E-state index is 2.62. The number of anilines is 6. The van der Waals surface area contributed by atoms with E-state index in [-0.39, 0.29) is 17.5 Å². The highest BCUT2D eigenvalue weighted by Crippen LogP contribution is 2.57. The first-order chi connectivity index (χ1) is 23.5. The second-order valence-corrected chi connectivity index (χ2v) is 21.7. The molecule has 0 bridgehead atoms. The predicted molar refractivity (Wildman–Crippen MR) is 213 cm³/mol. The van der Waals surface area contributed by atoms with Crippen LogP contribution >= 0.6 is 0 Å². The van der Waals surface area contributed by atoms with Gasteiger partial charge in [-0.25, -0.2) is 0 Å². The third kappa shape index (κ3) is 3.68. The lowest BCUT2D eigenvalue weighted by Crippen LogP contribution is -2.63. The molecule has 0 amide bonds. The summed E-state index contributed by atoms with van der Waals surface area (Å²) in [6, 6.07) is 46.9. The Bertz CT molecular complexity index is 2260. The molecular weight excluding hydrogens is 607 g/mol. The quantitative estimate of drug-likeness (QED) is 0.173. The van der Waals surface area contributed by atoms with E-state index >= 15 is 0 Å². The third-order valence-electron chi connectivity index (χ3n) is 12.2. The number of benzene rings is 6. The molecule has 49 heavy (non-hydrogen) atoms. The van der Waals surface area contributed by atoms with Crippen molar-refractivity contribution in [3.63, 3.8) is 0 Å². The van der Waals surface area contributed by atoms with Crippen molar-refractivity contribution in [3.05, 3.63) is 144 Å². The predicted octanol–water partition coefficient (Wildman–Crippen LogP) is 9.26. The summed E-state index contributed by atoms with van der Waals surface area (Å²) in [4.78, 5) is 5.24. The van der Waals surface area contributed by atoms with Gasteiger partial charge in [0.2, 0.25) is 0 Å². The van der Waals surface area contributed by atoms with E-state index in [1.54, 1.807) is 0 Å². The van der Waals surface area contributed by atoms with Crippen molar-refractivity contribution in [1.29, 1.82) is 0 Å². The topological polar surface area (TPSA) is 6.48 Å². The maximum Gasteiger partial charge on any atom is 0.252 e. The van der Waals surface area contributed by atoms with E-state index < -0.39 is 8.07 Å². The fourth-order valence-corrected chi connectivity index (χ4v) is 10.8. The summed E-state index contributed by atoms with van der Waals surface area (Å²) in [5, 5.41) is 1.49. The van der Waals surface area contributed by atoms with Crippen molar-refractivity contribution >= 4 is 70.5 Å². The van der Waals surface area contributed by atoms with Gasteiger partial charge < -0.3 is 9.80 Å². The van der Waals surface area contributed by atoms with Crippen LogP contribution in [0.3, 0.4) is 0 Å². The van der Waals surface area contributed by atoms with Crippen molar-refractivity contribution in [2.45, 2.75) is 58.2 Å². The number of hydrogen-bond acceptors (Lipinski definition) is 2. The molecule has 0 aromatic heterocycles. The lowest BCUT2D eigenvalue weighted by atomic mass is 9.32. The second-order valence-electron chi connectivity index (χ2n) is 16.6. The number of nitrogens with zero attached hydrogens (tertiary/aromatic N) is 2. The Kier molecular flexibility index (Phi) is 5.63. The summed E-state index contributed by atoms with van der Waals surface area (Å²) >= 11 is 0. The molecule has 0 aliphatic carbocycles. The standard InChI is InChI=1S/C45H41BN2Si/c1-44(2)31-14-8-10-20-37(31)47-39-26-29(28-22-24-30(25-23-28)49(5,6)7)27-40-41(39)46(35-18-12-16-33(44)42(35)47)36-19-13-17-34-43(36)48(40)38-21-11-9-15-32(38)45(34,3)4/h8-27H,1-7H3. The summed E-state index contributed by atoms with van der Waals surface area (Å²) in [5.41, 5.74) is 20.0. The van der Waals surface area contributed by atoms with Gasteiger partial charge in [0.05, 0.1) is 19.4 Å². The molecule has 2 nitrogen and oxygen atoms in total. The highest BCUT2D eigenvalue weighted by molar-refractivity contribution is 7.00. The van der Waals surface area contributed by atoms with E-state index in [0.29, 0.717) is 0 Å². The first kappa shape index (κ1) is 29.1. The molecule has 0 spiro atoms. The van der Waals surface area contributed by atoms with Gasteiger partial charge in [0.25, 0.3) is 6.71 Å². The van der Waals surface area contributed by atoms with Crippen molar-refractivity contribution in [1.82, 2.24) is 0 Å². The van der Waals surface area contributed by atoms with E-state index in [4.69, 9.17) is 0 Å². The monoisotopic (exact) mass is 648 g/mol. The van der Waals surface area contributed by atoms with E-state index in [1.165, 1.54) is 89.1 Å². The minimum Gasteiger partial charge on any atom is -0.311 e. The van der Waals surface area contributed by atoms with Crippen LogP contribution in [0.1, 0.15) is 49.9 Å². The molecule has 0 radical (unpaired) electrons. The van der Waals surface area contributed by atoms with Crippen LogP contribution in [0.25, 0.3) is 11.1 Å². The van der Waals surface area contributed by atoms with Crippen LogP contribution < -0.4 is 31.4 Å². The molecule has 0 atom stereocenters. The molecular formula is C45H41BN2Si. The number of fused-ring (bicyclic) bond motifs is 8. The molecule has 6 aromatic carbocycles. The van der Waals surface area contributed by atoms with E-state index in [2.05, 4.69) is 178 Å². The summed E-state index contributed by atoms with van der Waals surface area (Å²) < 4.78 is 0. The van der Waals surface area contributed by atoms with Gasteiger partial charge >= 0.3 is 0 Å². The molecule has 0 saturated carbocycles. The van der Waals surface area contributed by atoms with Gasteiger partial charge in [-0.15, -0.1) is 0 Å². The fourth-order valence-electron chi connectivity index (χ4n) is 9.62. The fraction of sp³-hybridized carbons (Fsp3) is 0.200. The minimum atomic E-state index is -1.43. The van der Waals surface area contributed by atoms with Crippen LogP contribution in [0.5, 0.6) is 0 Å². The first-order valence-corrected chi connectivity index (χ1v) is 21.3. The Morgan fingerprint density at radius 1 is 0.469 bits per heavy atom. The van der Waals surface area contributed by atoms with Crippen LogP contribution in [-0.2, 0) is 10.8 Å². The summed E-state index contributed by atoms with van der Waals surface area (Å²) in [7, 11) is -1.43. The molecule has 4 aliphatic rings. The first-order valence-electron chi connectivity index (χ1n) is 17.8. The molecule has 4 heterocycles. The smallest absolute Gasteiger partial charge is 0.252 e.